The first-order valence-electron chi connectivity index (χ1n) is 5.45. The predicted molar refractivity (Wildman–Crippen MR) is 46.3 cm³/mol. The summed E-state index contributed by atoms with van der Waals surface area (Å²) >= 11 is 0. The Morgan fingerprint density at radius 1 is 0.545 bits per heavy atom. The third-order valence-corrected chi connectivity index (χ3v) is 4.08. The molecule has 62 valence electrons. The highest BCUT2D eigenvalue weighted by atomic mass is 14.5. The molecule has 0 aliphatic heterocycles. The molecule has 3 aliphatic carbocycles. The first-order chi connectivity index (χ1) is 5.45. The summed E-state index contributed by atoms with van der Waals surface area (Å²) in [6.07, 6.45) is 11.0. The van der Waals surface area contributed by atoms with Crippen molar-refractivity contribution in [1.82, 2.24) is 0 Å². The van der Waals surface area contributed by atoms with E-state index in [4.69, 9.17) is 0 Å². The first-order valence-corrected chi connectivity index (χ1v) is 5.45. The van der Waals surface area contributed by atoms with Crippen molar-refractivity contribution in [2.24, 2.45) is 23.7 Å². The summed E-state index contributed by atoms with van der Waals surface area (Å²) < 4.78 is 0. The maximum absolute atomic E-state index is 1.59. The van der Waals surface area contributed by atoms with Gasteiger partial charge in [0.15, 0.2) is 0 Å². The average Bonchev–Trinajstić information content (AvgIpc) is 2.91. The highest BCUT2D eigenvalue weighted by Crippen LogP contribution is 2.55. The second-order valence-corrected chi connectivity index (χ2v) is 4.93. The van der Waals surface area contributed by atoms with Gasteiger partial charge >= 0.3 is 0 Å². The van der Waals surface area contributed by atoms with Gasteiger partial charge in [0.25, 0.3) is 0 Å². The van der Waals surface area contributed by atoms with Gasteiger partial charge in [0, 0.05) is 0 Å². The van der Waals surface area contributed by atoms with Crippen molar-refractivity contribution in [3.8, 4) is 0 Å². The van der Waals surface area contributed by atoms with Crippen molar-refractivity contribution in [2.75, 3.05) is 0 Å². The van der Waals surface area contributed by atoms with E-state index in [0.29, 0.717) is 0 Å². The molecule has 0 aromatic rings. The Morgan fingerprint density at radius 2 is 1.00 bits per heavy atom. The van der Waals surface area contributed by atoms with E-state index in [0.717, 1.165) is 0 Å². The molecule has 3 saturated carbocycles. The Kier molecular flexibility index (Phi) is 1.33. The van der Waals surface area contributed by atoms with Crippen LogP contribution in [0.25, 0.3) is 0 Å². The topological polar surface area (TPSA) is 0 Å². The lowest BCUT2D eigenvalue weighted by molar-refractivity contribution is 0.310. The van der Waals surface area contributed by atoms with Crippen LogP contribution in [-0.4, -0.2) is 0 Å². The molecule has 0 bridgehead atoms. The lowest BCUT2D eigenvalue weighted by Gasteiger charge is -2.17. The Hall–Kier alpha value is 0. The maximum Gasteiger partial charge on any atom is -0.0355 e. The summed E-state index contributed by atoms with van der Waals surface area (Å²) in [5, 5.41) is 0. The minimum atomic E-state index is 1.20. The van der Waals surface area contributed by atoms with Gasteiger partial charge < -0.3 is 0 Å². The van der Waals surface area contributed by atoms with Crippen LogP contribution in [0.4, 0.5) is 0 Å². The molecule has 11 heavy (non-hydrogen) atoms. The van der Waals surface area contributed by atoms with Crippen LogP contribution in [0.1, 0.15) is 44.9 Å². The van der Waals surface area contributed by atoms with E-state index in [1.807, 2.05) is 0 Å². The van der Waals surface area contributed by atoms with Crippen LogP contribution in [-0.2, 0) is 0 Å². The van der Waals surface area contributed by atoms with Crippen LogP contribution in [0.3, 0.4) is 0 Å². The molecule has 0 saturated heterocycles. The van der Waals surface area contributed by atoms with E-state index in [2.05, 4.69) is 0 Å². The molecule has 0 spiro atoms. The van der Waals surface area contributed by atoms with Crippen molar-refractivity contribution in [3.05, 3.63) is 0 Å². The monoisotopic (exact) mass is 150 g/mol. The molecule has 0 radical (unpaired) electrons. The Bertz CT molecular complexity index is 135. The highest BCUT2D eigenvalue weighted by Gasteiger charge is 2.45. The largest absolute Gasteiger partial charge is 0.0527 e. The van der Waals surface area contributed by atoms with Gasteiger partial charge in [0.1, 0.15) is 0 Å². The maximum atomic E-state index is 1.59. The lowest BCUT2D eigenvalue weighted by atomic mass is 9.88. The minimum absolute atomic E-state index is 1.20. The molecule has 0 aromatic carbocycles. The Labute approximate surface area is 69.4 Å². The Morgan fingerprint density at radius 3 is 1.36 bits per heavy atom. The van der Waals surface area contributed by atoms with Crippen LogP contribution >= 0.6 is 0 Å². The van der Waals surface area contributed by atoms with Gasteiger partial charge in [0.2, 0.25) is 0 Å². The first kappa shape index (κ1) is 6.51. The predicted octanol–water partition coefficient (Wildman–Crippen LogP) is 3.22. The molecular weight excluding hydrogens is 132 g/mol. The van der Waals surface area contributed by atoms with Gasteiger partial charge in [-0.2, -0.15) is 0 Å². The van der Waals surface area contributed by atoms with Gasteiger partial charge in [-0.15, -0.1) is 0 Å². The molecule has 0 heterocycles. The van der Waals surface area contributed by atoms with Gasteiger partial charge in [-0.05, 0) is 62.2 Å². The second kappa shape index (κ2) is 2.24. The fraction of sp³-hybridized carbons (Fsp3) is 1.00. The van der Waals surface area contributed by atoms with E-state index in [-0.39, 0.29) is 0 Å². The standard InChI is InChI=1S/C11H18/c1-2-10(8-4-5-8)11(3-1)9-6-7-9/h8-11H,1-7H2. The molecule has 3 fully saturated rings. The van der Waals surface area contributed by atoms with Gasteiger partial charge in [-0.3, -0.25) is 0 Å². The molecular formula is C11H18. The lowest BCUT2D eigenvalue weighted by Crippen LogP contribution is -2.11. The van der Waals surface area contributed by atoms with E-state index < -0.39 is 0 Å². The average molecular weight is 150 g/mol. The summed E-state index contributed by atoms with van der Waals surface area (Å²) in [5.41, 5.74) is 0. The number of hydrogen-bond acceptors (Lipinski definition) is 0. The summed E-state index contributed by atoms with van der Waals surface area (Å²) in [7, 11) is 0. The zero-order chi connectivity index (χ0) is 7.26. The summed E-state index contributed by atoms with van der Waals surface area (Å²) in [6.45, 7) is 0. The fourth-order valence-electron chi connectivity index (χ4n) is 3.24. The molecule has 2 unspecified atom stereocenters. The molecule has 2 atom stereocenters. The van der Waals surface area contributed by atoms with Gasteiger partial charge in [0.05, 0.1) is 0 Å². The molecule has 0 nitrogen and oxygen atoms in total. The molecule has 3 rings (SSSR count). The molecule has 0 heteroatoms. The molecule has 3 aliphatic rings. The van der Waals surface area contributed by atoms with Crippen LogP contribution in [0.5, 0.6) is 0 Å². The second-order valence-electron chi connectivity index (χ2n) is 4.93. The highest BCUT2D eigenvalue weighted by molar-refractivity contribution is 4.95. The van der Waals surface area contributed by atoms with E-state index in [9.17, 15) is 0 Å². The smallest absolute Gasteiger partial charge is 0.0355 e. The van der Waals surface area contributed by atoms with Crippen molar-refractivity contribution >= 4 is 0 Å². The van der Waals surface area contributed by atoms with E-state index in [1.54, 1.807) is 44.9 Å². The SMILES string of the molecule is C1CC(C2CC2)C(C2CC2)C1. The van der Waals surface area contributed by atoms with Crippen molar-refractivity contribution in [3.63, 3.8) is 0 Å². The van der Waals surface area contributed by atoms with Crippen LogP contribution in [0.15, 0.2) is 0 Å². The quantitative estimate of drug-likeness (QED) is 0.567. The third-order valence-electron chi connectivity index (χ3n) is 4.08. The molecule has 0 aromatic heterocycles. The van der Waals surface area contributed by atoms with E-state index >= 15 is 0 Å². The number of rotatable bonds is 2. The van der Waals surface area contributed by atoms with Crippen LogP contribution < -0.4 is 0 Å². The zero-order valence-corrected chi connectivity index (χ0v) is 7.26. The fourth-order valence-corrected chi connectivity index (χ4v) is 3.24. The molecule has 0 N–H and O–H groups in total. The summed E-state index contributed by atoms with van der Waals surface area (Å²) in [5.74, 6) is 4.79. The zero-order valence-electron chi connectivity index (χ0n) is 7.26. The molecule has 0 amide bonds. The van der Waals surface area contributed by atoms with Crippen LogP contribution in [0.2, 0.25) is 0 Å². The Balaban J connectivity index is 1.69. The third kappa shape index (κ3) is 1.11. The van der Waals surface area contributed by atoms with Crippen LogP contribution in [0, 0.1) is 23.7 Å². The summed E-state index contributed by atoms with van der Waals surface area (Å²) in [4.78, 5) is 0. The van der Waals surface area contributed by atoms with Crippen molar-refractivity contribution < 1.29 is 0 Å². The van der Waals surface area contributed by atoms with Crippen molar-refractivity contribution in [1.29, 1.82) is 0 Å². The minimum Gasteiger partial charge on any atom is -0.0527 e. The number of hydrogen-bond donors (Lipinski definition) is 0. The van der Waals surface area contributed by atoms with Gasteiger partial charge in [-0.1, -0.05) is 6.42 Å². The van der Waals surface area contributed by atoms with E-state index in [1.165, 1.54) is 23.7 Å². The summed E-state index contributed by atoms with van der Waals surface area (Å²) in [6, 6.07) is 0. The van der Waals surface area contributed by atoms with Crippen molar-refractivity contribution in [2.45, 2.75) is 44.9 Å². The normalized spacial score (nSPS) is 44.7. The van der Waals surface area contributed by atoms with Gasteiger partial charge in [-0.25, -0.2) is 0 Å².